The predicted molar refractivity (Wildman–Crippen MR) is 91.0 cm³/mol. The van der Waals surface area contributed by atoms with Crippen molar-refractivity contribution in [3.63, 3.8) is 0 Å². The van der Waals surface area contributed by atoms with Gasteiger partial charge in [0.1, 0.15) is 11.4 Å². The maximum atomic E-state index is 12.1. The van der Waals surface area contributed by atoms with Gasteiger partial charge in [0.25, 0.3) is 11.6 Å². The topological polar surface area (TPSA) is 81.5 Å². The molecule has 0 radical (unpaired) electrons. The van der Waals surface area contributed by atoms with Gasteiger partial charge in [-0.1, -0.05) is 12.1 Å². The van der Waals surface area contributed by atoms with Gasteiger partial charge in [0.05, 0.1) is 4.92 Å². The standard InChI is InChI=1S/C15H13IN2O4/c1-10(22-12-8-6-11(16)7-9-12)15(19)17-13-4-2-3-5-14(13)18(20)21/h2-10H,1H3,(H,17,19)/t10-/m1/s1. The van der Waals surface area contributed by atoms with Gasteiger partial charge in [-0.05, 0) is 59.8 Å². The van der Waals surface area contributed by atoms with Crippen molar-refractivity contribution in [2.24, 2.45) is 0 Å². The monoisotopic (exact) mass is 412 g/mol. The molecule has 0 saturated carbocycles. The van der Waals surface area contributed by atoms with Crippen LogP contribution in [0.2, 0.25) is 0 Å². The van der Waals surface area contributed by atoms with Crippen molar-refractivity contribution in [2.45, 2.75) is 13.0 Å². The van der Waals surface area contributed by atoms with Gasteiger partial charge in [-0.25, -0.2) is 0 Å². The van der Waals surface area contributed by atoms with Crippen LogP contribution in [0.15, 0.2) is 48.5 Å². The molecule has 0 aliphatic rings. The van der Waals surface area contributed by atoms with Crippen molar-refractivity contribution in [3.05, 3.63) is 62.2 Å². The minimum absolute atomic E-state index is 0.149. The van der Waals surface area contributed by atoms with Crippen molar-refractivity contribution in [1.29, 1.82) is 0 Å². The molecule has 1 N–H and O–H groups in total. The Labute approximate surface area is 140 Å². The summed E-state index contributed by atoms with van der Waals surface area (Å²) in [7, 11) is 0. The molecule has 0 aliphatic heterocycles. The van der Waals surface area contributed by atoms with Crippen LogP contribution in [-0.4, -0.2) is 16.9 Å². The molecule has 114 valence electrons. The Morgan fingerprint density at radius 1 is 1.23 bits per heavy atom. The molecule has 0 heterocycles. The van der Waals surface area contributed by atoms with Gasteiger partial charge >= 0.3 is 0 Å². The normalized spacial score (nSPS) is 11.5. The number of nitrogens with one attached hydrogen (secondary N) is 1. The summed E-state index contributed by atoms with van der Waals surface area (Å²) < 4.78 is 6.58. The first-order valence-electron chi connectivity index (χ1n) is 6.44. The molecule has 6 nitrogen and oxygen atoms in total. The van der Waals surface area contributed by atoms with E-state index in [1.54, 1.807) is 31.2 Å². The Kier molecular flexibility index (Phi) is 5.31. The lowest BCUT2D eigenvalue weighted by Crippen LogP contribution is -2.30. The van der Waals surface area contributed by atoms with E-state index in [4.69, 9.17) is 4.74 Å². The lowest BCUT2D eigenvalue weighted by Gasteiger charge is -2.14. The van der Waals surface area contributed by atoms with E-state index in [1.807, 2.05) is 12.1 Å². The third-order valence-corrected chi connectivity index (χ3v) is 3.57. The lowest BCUT2D eigenvalue weighted by atomic mass is 10.2. The van der Waals surface area contributed by atoms with Crippen molar-refractivity contribution in [1.82, 2.24) is 0 Å². The summed E-state index contributed by atoms with van der Waals surface area (Å²) in [6, 6.07) is 13.2. The van der Waals surface area contributed by atoms with Gasteiger partial charge in [0, 0.05) is 9.64 Å². The molecule has 2 rings (SSSR count). The van der Waals surface area contributed by atoms with E-state index in [2.05, 4.69) is 27.9 Å². The molecule has 0 saturated heterocycles. The zero-order chi connectivity index (χ0) is 16.1. The van der Waals surface area contributed by atoms with Crippen molar-refractivity contribution >= 4 is 39.9 Å². The van der Waals surface area contributed by atoms with E-state index in [9.17, 15) is 14.9 Å². The zero-order valence-corrected chi connectivity index (χ0v) is 13.8. The lowest BCUT2D eigenvalue weighted by molar-refractivity contribution is -0.383. The second-order valence-corrected chi connectivity index (χ2v) is 5.72. The highest BCUT2D eigenvalue weighted by molar-refractivity contribution is 14.1. The van der Waals surface area contributed by atoms with Gasteiger partial charge < -0.3 is 10.1 Å². The van der Waals surface area contributed by atoms with Gasteiger partial charge in [0.2, 0.25) is 0 Å². The number of nitro benzene ring substituents is 1. The number of carbonyl (C=O) groups is 1. The highest BCUT2D eigenvalue weighted by Gasteiger charge is 2.19. The first kappa shape index (κ1) is 16.2. The molecule has 0 unspecified atom stereocenters. The highest BCUT2D eigenvalue weighted by Crippen LogP contribution is 2.23. The van der Waals surface area contributed by atoms with Crippen LogP contribution in [0, 0.1) is 13.7 Å². The summed E-state index contributed by atoms with van der Waals surface area (Å²) in [6.07, 6.45) is -0.778. The van der Waals surface area contributed by atoms with Crippen LogP contribution >= 0.6 is 22.6 Å². The first-order valence-corrected chi connectivity index (χ1v) is 7.52. The second-order valence-electron chi connectivity index (χ2n) is 4.48. The van der Waals surface area contributed by atoms with Crippen LogP contribution in [0.25, 0.3) is 0 Å². The molecule has 1 atom stereocenters. The number of nitro groups is 1. The van der Waals surface area contributed by atoms with Crippen LogP contribution < -0.4 is 10.1 Å². The minimum atomic E-state index is -0.778. The Bertz CT molecular complexity index is 688. The van der Waals surface area contributed by atoms with Gasteiger partial charge in [-0.15, -0.1) is 0 Å². The van der Waals surface area contributed by atoms with Crippen molar-refractivity contribution in [2.75, 3.05) is 5.32 Å². The van der Waals surface area contributed by atoms with Crippen molar-refractivity contribution < 1.29 is 14.5 Å². The third kappa shape index (κ3) is 4.17. The molecule has 2 aromatic carbocycles. The highest BCUT2D eigenvalue weighted by atomic mass is 127. The number of rotatable bonds is 5. The maximum Gasteiger partial charge on any atom is 0.292 e. The summed E-state index contributed by atoms with van der Waals surface area (Å²) >= 11 is 2.17. The molecular weight excluding hydrogens is 399 g/mol. The Morgan fingerprint density at radius 2 is 1.86 bits per heavy atom. The number of carbonyl (C=O) groups excluding carboxylic acids is 1. The van der Waals surface area contributed by atoms with Crippen LogP contribution in [0.4, 0.5) is 11.4 Å². The third-order valence-electron chi connectivity index (χ3n) is 2.85. The molecule has 0 fully saturated rings. The van der Waals surface area contributed by atoms with Gasteiger partial charge in [-0.2, -0.15) is 0 Å². The van der Waals surface area contributed by atoms with E-state index in [0.29, 0.717) is 5.75 Å². The van der Waals surface area contributed by atoms with Crippen LogP contribution in [0.3, 0.4) is 0 Å². The van der Waals surface area contributed by atoms with Crippen molar-refractivity contribution in [3.8, 4) is 5.75 Å². The van der Waals surface area contributed by atoms with E-state index in [-0.39, 0.29) is 11.4 Å². The summed E-state index contributed by atoms with van der Waals surface area (Å²) in [5.41, 5.74) is -0.00660. The summed E-state index contributed by atoms with van der Waals surface area (Å²) in [5, 5.41) is 13.4. The summed E-state index contributed by atoms with van der Waals surface area (Å²) in [4.78, 5) is 22.5. The van der Waals surface area contributed by atoms with Crippen LogP contribution in [-0.2, 0) is 4.79 Å². The average Bonchev–Trinajstić information content (AvgIpc) is 2.49. The first-order chi connectivity index (χ1) is 10.5. The van der Waals surface area contributed by atoms with Crippen LogP contribution in [0.5, 0.6) is 5.75 Å². The SMILES string of the molecule is C[C@@H](Oc1ccc(I)cc1)C(=O)Nc1ccccc1[N+](=O)[O-]. The molecule has 22 heavy (non-hydrogen) atoms. The van der Waals surface area contributed by atoms with E-state index < -0.39 is 16.9 Å². The van der Waals surface area contributed by atoms with Gasteiger partial charge in [0.15, 0.2) is 6.10 Å². The fraction of sp³-hybridized carbons (Fsp3) is 0.133. The molecule has 7 heteroatoms. The number of para-hydroxylation sites is 2. The number of hydrogen-bond donors (Lipinski definition) is 1. The fourth-order valence-electron chi connectivity index (χ4n) is 1.74. The van der Waals surface area contributed by atoms with E-state index >= 15 is 0 Å². The summed E-state index contributed by atoms with van der Waals surface area (Å²) in [5.74, 6) is 0.110. The van der Waals surface area contributed by atoms with Gasteiger partial charge in [-0.3, -0.25) is 14.9 Å². The molecule has 1 amide bonds. The molecule has 0 spiro atoms. The molecule has 2 aromatic rings. The molecule has 0 aliphatic carbocycles. The number of halogens is 1. The second kappa shape index (κ2) is 7.21. The smallest absolute Gasteiger partial charge is 0.292 e. The Morgan fingerprint density at radius 3 is 2.50 bits per heavy atom. The number of ether oxygens (including phenoxy) is 1. The number of benzene rings is 2. The zero-order valence-electron chi connectivity index (χ0n) is 11.7. The average molecular weight is 412 g/mol. The molecular formula is C15H13IN2O4. The predicted octanol–water partition coefficient (Wildman–Crippen LogP) is 3.61. The van der Waals surface area contributed by atoms with E-state index in [0.717, 1.165) is 3.57 Å². The number of anilines is 1. The minimum Gasteiger partial charge on any atom is -0.481 e. The summed E-state index contributed by atoms with van der Waals surface area (Å²) in [6.45, 7) is 1.59. The van der Waals surface area contributed by atoms with E-state index in [1.165, 1.54) is 12.1 Å². The number of hydrogen-bond acceptors (Lipinski definition) is 4. The number of amides is 1. The molecule has 0 aromatic heterocycles. The number of nitrogens with zero attached hydrogens (tertiary/aromatic N) is 1. The Hall–Kier alpha value is -2.16. The largest absolute Gasteiger partial charge is 0.481 e. The Balaban J connectivity index is 2.05. The fourth-order valence-corrected chi connectivity index (χ4v) is 2.10. The van der Waals surface area contributed by atoms with Crippen LogP contribution in [0.1, 0.15) is 6.92 Å². The molecule has 0 bridgehead atoms. The maximum absolute atomic E-state index is 12.1. The quantitative estimate of drug-likeness (QED) is 0.462.